The number of rotatable bonds is 4. The van der Waals surface area contributed by atoms with Crippen LogP contribution in [-0.2, 0) is 9.84 Å². The Morgan fingerprint density at radius 1 is 0.970 bits per heavy atom. The lowest BCUT2D eigenvalue weighted by Gasteiger charge is -2.31. The summed E-state index contributed by atoms with van der Waals surface area (Å²) < 4.78 is 44.5. The third-order valence-corrected chi connectivity index (χ3v) is 8.35. The molecular weight excluding hydrogens is 443 g/mol. The minimum Gasteiger partial charge on any atom is -0.355 e. The third kappa shape index (κ3) is 4.02. The van der Waals surface area contributed by atoms with Gasteiger partial charge in [-0.2, -0.15) is 0 Å². The van der Waals surface area contributed by atoms with Crippen LogP contribution in [-0.4, -0.2) is 42.7 Å². The normalized spacial score (nSPS) is 15.1. The van der Waals surface area contributed by atoms with Gasteiger partial charge in [0.15, 0.2) is 15.6 Å². The summed E-state index contributed by atoms with van der Waals surface area (Å²) in [5, 5.41) is 4.24. The van der Waals surface area contributed by atoms with Crippen molar-refractivity contribution in [3.8, 4) is 11.3 Å². The summed E-state index contributed by atoms with van der Waals surface area (Å²) in [4.78, 5) is 14.9. The average Bonchev–Trinajstić information content (AvgIpc) is 3.28. The van der Waals surface area contributed by atoms with Crippen molar-refractivity contribution in [1.82, 2.24) is 10.1 Å². The molecule has 0 atom stereocenters. The summed E-state index contributed by atoms with van der Waals surface area (Å²) in [6.07, 6.45) is 0.659. The number of hydrogen-bond acceptors (Lipinski definition) is 5. The first kappa shape index (κ1) is 21.3. The van der Waals surface area contributed by atoms with Gasteiger partial charge in [-0.25, -0.2) is 12.8 Å². The summed E-state index contributed by atoms with van der Waals surface area (Å²) >= 11 is 0. The van der Waals surface area contributed by atoms with Crippen molar-refractivity contribution in [2.24, 2.45) is 0 Å². The van der Waals surface area contributed by atoms with E-state index < -0.39 is 20.9 Å². The summed E-state index contributed by atoms with van der Waals surface area (Å²) in [6.45, 7) is 0.661. The molecule has 8 heteroatoms. The molecule has 3 aromatic carbocycles. The first-order valence-corrected chi connectivity index (χ1v) is 12.2. The lowest BCUT2D eigenvalue weighted by Crippen LogP contribution is -2.42. The largest absolute Gasteiger partial charge is 0.355 e. The zero-order valence-corrected chi connectivity index (χ0v) is 18.5. The minimum absolute atomic E-state index is 0.111. The molecule has 0 spiro atoms. The Morgan fingerprint density at radius 3 is 2.36 bits per heavy atom. The molecule has 1 amide bonds. The Morgan fingerprint density at radius 2 is 1.67 bits per heavy atom. The molecule has 0 radical (unpaired) electrons. The van der Waals surface area contributed by atoms with E-state index in [1.165, 1.54) is 12.1 Å². The molecule has 1 fully saturated rings. The van der Waals surface area contributed by atoms with Crippen molar-refractivity contribution >= 4 is 26.6 Å². The molecule has 0 saturated carbocycles. The van der Waals surface area contributed by atoms with Crippen LogP contribution in [0.15, 0.2) is 82.2 Å². The van der Waals surface area contributed by atoms with Gasteiger partial charge in [-0.05, 0) is 55.3 Å². The van der Waals surface area contributed by atoms with E-state index >= 15 is 0 Å². The van der Waals surface area contributed by atoms with Crippen LogP contribution in [0.2, 0.25) is 0 Å². The molecule has 4 aromatic rings. The van der Waals surface area contributed by atoms with Crippen LogP contribution in [0.4, 0.5) is 4.39 Å². The Hall–Kier alpha value is -3.52. The smallest absolute Gasteiger partial charge is 0.253 e. The van der Waals surface area contributed by atoms with Crippen LogP contribution in [0, 0.1) is 5.82 Å². The maximum Gasteiger partial charge on any atom is 0.253 e. The Bertz CT molecular complexity index is 1410. The molecule has 0 bridgehead atoms. The number of nitrogens with zero attached hydrogens (tertiary/aromatic N) is 2. The van der Waals surface area contributed by atoms with Crippen LogP contribution >= 0.6 is 0 Å². The number of hydrogen-bond donors (Lipinski definition) is 0. The maximum atomic E-state index is 13.2. The fraction of sp³-hybridized carbons (Fsp3) is 0.200. The summed E-state index contributed by atoms with van der Waals surface area (Å²) in [6, 6.07) is 19.7. The zero-order valence-electron chi connectivity index (χ0n) is 17.6. The Labute approximate surface area is 190 Å². The molecule has 2 heterocycles. The number of carbonyl (C=O) groups is 1. The highest BCUT2D eigenvalue weighted by Crippen LogP contribution is 2.30. The summed E-state index contributed by atoms with van der Waals surface area (Å²) in [5.41, 5.74) is 2.04. The number of sulfone groups is 1. The SMILES string of the molecule is O=C(c1ccc2noc(-c3ccccc3)c2c1)N1CCC(S(=O)(=O)c2ccc(F)cc2)CC1. The van der Waals surface area contributed by atoms with Crippen molar-refractivity contribution in [1.29, 1.82) is 0 Å². The third-order valence-electron chi connectivity index (χ3n) is 6.07. The Balaban J connectivity index is 1.33. The highest BCUT2D eigenvalue weighted by Gasteiger charge is 2.33. The van der Waals surface area contributed by atoms with Gasteiger partial charge in [-0.1, -0.05) is 35.5 Å². The van der Waals surface area contributed by atoms with Gasteiger partial charge in [-0.3, -0.25) is 4.79 Å². The van der Waals surface area contributed by atoms with E-state index in [0.717, 1.165) is 23.1 Å². The van der Waals surface area contributed by atoms with Crippen molar-refractivity contribution in [2.75, 3.05) is 13.1 Å². The van der Waals surface area contributed by atoms with Crippen LogP contribution in [0.5, 0.6) is 0 Å². The standard InChI is InChI=1S/C25H21FN2O4S/c26-19-7-9-20(10-8-19)33(30,31)21-12-14-28(15-13-21)25(29)18-6-11-23-22(16-18)24(32-27-23)17-4-2-1-3-5-17/h1-11,16,21H,12-15H2. The number of carbonyl (C=O) groups excluding carboxylic acids is 1. The van der Waals surface area contributed by atoms with Crippen LogP contribution in [0.3, 0.4) is 0 Å². The highest BCUT2D eigenvalue weighted by atomic mass is 32.2. The zero-order chi connectivity index (χ0) is 23.0. The first-order chi connectivity index (χ1) is 15.9. The number of likely N-dealkylation sites (tertiary alicyclic amines) is 1. The van der Waals surface area contributed by atoms with Gasteiger partial charge in [0.2, 0.25) is 0 Å². The predicted molar refractivity (Wildman–Crippen MR) is 122 cm³/mol. The molecule has 1 saturated heterocycles. The van der Waals surface area contributed by atoms with Crippen LogP contribution < -0.4 is 0 Å². The Kier molecular flexibility index (Phi) is 5.46. The lowest BCUT2D eigenvalue weighted by atomic mass is 10.0. The predicted octanol–water partition coefficient (Wildman–Crippen LogP) is 4.71. The molecule has 6 nitrogen and oxygen atoms in total. The van der Waals surface area contributed by atoms with E-state index in [9.17, 15) is 17.6 Å². The van der Waals surface area contributed by atoms with Gasteiger partial charge in [-0.15, -0.1) is 0 Å². The second-order valence-corrected chi connectivity index (χ2v) is 10.3. The fourth-order valence-electron chi connectivity index (χ4n) is 4.24. The number of amides is 1. The number of aromatic nitrogens is 1. The molecule has 0 aliphatic carbocycles. The van der Waals surface area contributed by atoms with Crippen molar-refractivity contribution in [2.45, 2.75) is 23.0 Å². The van der Waals surface area contributed by atoms with Gasteiger partial charge >= 0.3 is 0 Å². The number of fused-ring (bicyclic) bond motifs is 1. The van der Waals surface area contributed by atoms with Crippen molar-refractivity contribution < 1.29 is 22.1 Å². The van der Waals surface area contributed by atoms with Gasteiger partial charge in [0, 0.05) is 24.2 Å². The van der Waals surface area contributed by atoms with Gasteiger partial charge in [0.25, 0.3) is 5.91 Å². The fourth-order valence-corrected chi connectivity index (χ4v) is 5.97. The number of halogens is 1. The summed E-state index contributed by atoms with van der Waals surface area (Å²) in [7, 11) is -3.58. The quantitative estimate of drug-likeness (QED) is 0.409. The van der Waals surface area contributed by atoms with E-state index in [0.29, 0.717) is 42.8 Å². The van der Waals surface area contributed by atoms with Crippen molar-refractivity contribution in [3.05, 3.63) is 84.2 Å². The molecule has 0 N–H and O–H groups in total. The van der Waals surface area contributed by atoms with E-state index in [-0.39, 0.29) is 10.8 Å². The van der Waals surface area contributed by atoms with Gasteiger partial charge < -0.3 is 9.42 Å². The van der Waals surface area contributed by atoms with E-state index in [2.05, 4.69) is 5.16 Å². The van der Waals surface area contributed by atoms with E-state index in [1.54, 1.807) is 23.1 Å². The molecule has 1 aromatic heterocycles. The second-order valence-electron chi connectivity index (χ2n) is 8.10. The minimum atomic E-state index is -3.58. The molecular formula is C25H21FN2O4S. The highest BCUT2D eigenvalue weighted by molar-refractivity contribution is 7.92. The number of benzene rings is 3. The molecule has 168 valence electrons. The van der Waals surface area contributed by atoms with Crippen LogP contribution in [0.25, 0.3) is 22.2 Å². The van der Waals surface area contributed by atoms with Crippen LogP contribution in [0.1, 0.15) is 23.2 Å². The topological polar surface area (TPSA) is 80.5 Å². The molecule has 33 heavy (non-hydrogen) atoms. The molecule has 1 aliphatic heterocycles. The molecule has 5 rings (SSSR count). The monoisotopic (exact) mass is 464 g/mol. The lowest BCUT2D eigenvalue weighted by molar-refractivity contribution is 0.0726. The number of piperidine rings is 1. The first-order valence-electron chi connectivity index (χ1n) is 10.7. The van der Waals surface area contributed by atoms with Crippen molar-refractivity contribution in [3.63, 3.8) is 0 Å². The van der Waals surface area contributed by atoms with Gasteiger partial charge in [0.05, 0.1) is 15.5 Å². The molecule has 0 unspecified atom stereocenters. The maximum absolute atomic E-state index is 13.2. The average molecular weight is 465 g/mol. The summed E-state index contributed by atoms with van der Waals surface area (Å²) in [5.74, 6) is -0.0336. The van der Waals surface area contributed by atoms with E-state index in [4.69, 9.17) is 4.52 Å². The van der Waals surface area contributed by atoms with Gasteiger partial charge in [0.1, 0.15) is 11.3 Å². The molecule has 1 aliphatic rings. The second kappa shape index (κ2) is 8.44. The van der Waals surface area contributed by atoms with E-state index in [1.807, 2.05) is 30.3 Å².